The number of ether oxygens (including phenoxy) is 1. The number of esters is 1. The van der Waals surface area contributed by atoms with Crippen molar-refractivity contribution in [3.63, 3.8) is 0 Å². The minimum Gasteiger partial charge on any atom is -0.449 e. The SMILES string of the molecule is Cc1ccc2nc(C)cc(C(=O)OC(C)C(=O)Nc3cc(Cl)ccc3Cl)c2c1. The van der Waals surface area contributed by atoms with Crippen LogP contribution in [-0.4, -0.2) is 23.0 Å². The van der Waals surface area contributed by atoms with Crippen molar-refractivity contribution in [2.45, 2.75) is 26.9 Å². The van der Waals surface area contributed by atoms with E-state index in [-0.39, 0.29) is 0 Å². The number of aryl methyl sites for hydroxylation is 2. The number of amides is 1. The lowest BCUT2D eigenvalue weighted by Gasteiger charge is -2.15. The molecular formula is C21H18Cl2N2O3. The minimum absolute atomic E-state index is 0.336. The highest BCUT2D eigenvalue weighted by molar-refractivity contribution is 6.35. The number of rotatable bonds is 4. The maximum atomic E-state index is 12.7. The lowest BCUT2D eigenvalue weighted by atomic mass is 10.1. The van der Waals surface area contributed by atoms with Gasteiger partial charge in [-0.15, -0.1) is 0 Å². The van der Waals surface area contributed by atoms with E-state index in [1.165, 1.54) is 13.0 Å². The molecule has 3 rings (SSSR count). The molecule has 2 aromatic carbocycles. The Labute approximate surface area is 172 Å². The highest BCUT2D eigenvalue weighted by atomic mass is 35.5. The number of anilines is 1. The van der Waals surface area contributed by atoms with Gasteiger partial charge in [0.05, 0.1) is 21.8 Å². The van der Waals surface area contributed by atoms with Crippen molar-refractivity contribution >= 4 is 51.7 Å². The topological polar surface area (TPSA) is 68.3 Å². The molecule has 0 aliphatic rings. The van der Waals surface area contributed by atoms with Gasteiger partial charge < -0.3 is 10.1 Å². The van der Waals surface area contributed by atoms with Crippen LogP contribution in [0, 0.1) is 13.8 Å². The van der Waals surface area contributed by atoms with Gasteiger partial charge >= 0.3 is 5.97 Å². The Morgan fingerprint density at radius 3 is 2.57 bits per heavy atom. The normalized spacial score (nSPS) is 11.9. The fourth-order valence-electron chi connectivity index (χ4n) is 2.75. The van der Waals surface area contributed by atoms with Crippen molar-refractivity contribution in [3.05, 3.63) is 69.3 Å². The van der Waals surface area contributed by atoms with Gasteiger partial charge in [0.1, 0.15) is 0 Å². The molecule has 7 heteroatoms. The quantitative estimate of drug-likeness (QED) is 0.582. The van der Waals surface area contributed by atoms with E-state index in [1.807, 2.05) is 25.1 Å². The van der Waals surface area contributed by atoms with Gasteiger partial charge in [0.15, 0.2) is 6.10 Å². The van der Waals surface area contributed by atoms with Crippen LogP contribution in [0.2, 0.25) is 10.0 Å². The number of halogens is 2. The van der Waals surface area contributed by atoms with Gasteiger partial charge in [0.25, 0.3) is 5.91 Å². The molecule has 28 heavy (non-hydrogen) atoms. The number of benzene rings is 2. The van der Waals surface area contributed by atoms with E-state index in [0.717, 1.165) is 5.56 Å². The first-order valence-corrected chi connectivity index (χ1v) is 9.35. The lowest BCUT2D eigenvalue weighted by molar-refractivity contribution is -0.123. The molecule has 1 heterocycles. The van der Waals surface area contributed by atoms with Crippen LogP contribution in [0.1, 0.15) is 28.5 Å². The number of pyridine rings is 1. The van der Waals surface area contributed by atoms with Crippen LogP contribution in [-0.2, 0) is 9.53 Å². The Kier molecular flexibility index (Phi) is 5.87. The van der Waals surface area contributed by atoms with Crippen molar-refractivity contribution in [2.24, 2.45) is 0 Å². The second-order valence-electron chi connectivity index (χ2n) is 6.49. The molecule has 144 valence electrons. The fraction of sp³-hybridized carbons (Fsp3) is 0.190. The molecule has 1 aromatic heterocycles. The molecule has 0 saturated heterocycles. The molecule has 1 atom stereocenters. The Balaban J connectivity index is 1.81. The standard InChI is InChI=1S/C21H18Cl2N2O3/c1-11-4-7-18-15(8-11)16(9-12(2)24-18)21(27)28-13(3)20(26)25-19-10-14(22)5-6-17(19)23/h4-10,13H,1-3H3,(H,25,26). The van der Waals surface area contributed by atoms with E-state index >= 15 is 0 Å². The molecule has 0 aliphatic carbocycles. The molecule has 0 spiro atoms. The molecule has 0 aliphatic heterocycles. The lowest BCUT2D eigenvalue weighted by Crippen LogP contribution is -2.30. The van der Waals surface area contributed by atoms with E-state index in [4.69, 9.17) is 27.9 Å². The monoisotopic (exact) mass is 416 g/mol. The van der Waals surface area contributed by atoms with Crippen molar-refractivity contribution < 1.29 is 14.3 Å². The van der Waals surface area contributed by atoms with E-state index in [0.29, 0.717) is 37.9 Å². The Bertz CT molecular complexity index is 1080. The minimum atomic E-state index is -1.03. The summed E-state index contributed by atoms with van der Waals surface area (Å²) in [5.74, 6) is -1.11. The van der Waals surface area contributed by atoms with Gasteiger partial charge in [-0.3, -0.25) is 9.78 Å². The summed E-state index contributed by atoms with van der Waals surface area (Å²) < 4.78 is 5.39. The van der Waals surface area contributed by atoms with E-state index in [2.05, 4.69) is 10.3 Å². The van der Waals surface area contributed by atoms with Crippen LogP contribution in [0.25, 0.3) is 10.9 Å². The van der Waals surface area contributed by atoms with Gasteiger partial charge in [0, 0.05) is 16.1 Å². The third-order valence-electron chi connectivity index (χ3n) is 4.15. The molecule has 0 fully saturated rings. The number of fused-ring (bicyclic) bond motifs is 1. The summed E-state index contributed by atoms with van der Waals surface area (Å²) in [7, 11) is 0. The van der Waals surface area contributed by atoms with Crippen molar-refractivity contribution in [1.29, 1.82) is 0 Å². The number of hydrogen-bond donors (Lipinski definition) is 1. The first-order chi connectivity index (χ1) is 13.2. The van der Waals surface area contributed by atoms with Gasteiger partial charge in [-0.05, 0) is 57.2 Å². The number of nitrogens with one attached hydrogen (secondary N) is 1. The predicted octanol–water partition coefficient (Wildman–Crippen LogP) is 5.34. The van der Waals surface area contributed by atoms with Gasteiger partial charge in [-0.1, -0.05) is 34.8 Å². The molecule has 0 bridgehead atoms. The highest BCUT2D eigenvalue weighted by Gasteiger charge is 2.22. The summed E-state index contributed by atoms with van der Waals surface area (Å²) in [5, 5.41) is 4.07. The van der Waals surface area contributed by atoms with Crippen LogP contribution in [0.4, 0.5) is 5.69 Å². The summed E-state index contributed by atoms with van der Waals surface area (Å²) in [6.45, 7) is 5.22. The van der Waals surface area contributed by atoms with Crippen LogP contribution in [0.3, 0.4) is 0 Å². The van der Waals surface area contributed by atoms with Gasteiger partial charge in [0.2, 0.25) is 0 Å². The number of carbonyl (C=O) groups excluding carboxylic acids is 2. The summed E-state index contributed by atoms with van der Waals surface area (Å²) in [6.07, 6.45) is -1.03. The average Bonchev–Trinajstić information content (AvgIpc) is 2.64. The van der Waals surface area contributed by atoms with Crippen molar-refractivity contribution in [1.82, 2.24) is 4.98 Å². The maximum Gasteiger partial charge on any atom is 0.339 e. The molecule has 0 saturated carbocycles. The number of nitrogens with zero attached hydrogens (tertiary/aromatic N) is 1. The van der Waals surface area contributed by atoms with E-state index in [9.17, 15) is 9.59 Å². The van der Waals surface area contributed by atoms with Crippen LogP contribution in [0.15, 0.2) is 42.5 Å². The summed E-state index contributed by atoms with van der Waals surface area (Å²) in [4.78, 5) is 29.6. The predicted molar refractivity (Wildman–Crippen MR) is 111 cm³/mol. The zero-order chi connectivity index (χ0) is 20.4. The molecule has 1 N–H and O–H groups in total. The number of carbonyl (C=O) groups is 2. The average molecular weight is 417 g/mol. The Morgan fingerprint density at radius 2 is 1.82 bits per heavy atom. The Hall–Kier alpha value is -2.63. The van der Waals surface area contributed by atoms with Crippen molar-refractivity contribution in [2.75, 3.05) is 5.32 Å². The van der Waals surface area contributed by atoms with Gasteiger partial charge in [-0.25, -0.2) is 4.79 Å². The van der Waals surface area contributed by atoms with Gasteiger partial charge in [-0.2, -0.15) is 0 Å². The third-order valence-corrected chi connectivity index (χ3v) is 4.72. The maximum absolute atomic E-state index is 12.7. The summed E-state index contributed by atoms with van der Waals surface area (Å²) >= 11 is 12.0. The highest BCUT2D eigenvalue weighted by Crippen LogP contribution is 2.26. The zero-order valence-electron chi connectivity index (χ0n) is 15.5. The second kappa shape index (κ2) is 8.17. The smallest absolute Gasteiger partial charge is 0.339 e. The summed E-state index contributed by atoms with van der Waals surface area (Å²) in [5.41, 5.74) is 3.09. The molecule has 1 amide bonds. The fourth-order valence-corrected chi connectivity index (χ4v) is 3.08. The third kappa shape index (κ3) is 4.43. The molecule has 1 unspecified atom stereocenters. The van der Waals surface area contributed by atoms with E-state index < -0.39 is 18.0 Å². The summed E-state index contributed by atoms with van der Waals surface area (Å²) in [6, 6.07) is 12.0. The largest absolute Gasteiger partial charge is 0.449 e. The van der Waals surface area contributed by atoms with Crippen LogP contribution < -0.4 is 5.32 Å². The molecule has 0 radical (unpaired) electrons. The zero-order valence-corrected chi connectivity index (χ0v) is 17.1. The van der Waals surface area contributed by atoms with Crippen molar-refractivity contribution in [3.8, 4) is 0 Å². The molecule has 5 nitrogen and oxygen atoms in total. The first kappa shape index (κ1) is 20.1. The van der Waals surface area contributed by atoms with E-state index in [1.54, 1.807) is 25.1 Å². The van der Waals surface area contributed by atoms with Crippen LogP contribution >= 0.6 is 23.2 Å². The number of aromatic nitrogens is 1. The number of hydrogen-bond acceptors (Lipinski definition) is 4. The molecule has 3 aromatic rings. The van der Waals surface area contributed by atoms with Crippen LogP contribution in [0.5, 0.6) is 0 Å². The first-order valence-electron chi connectivity index (χ1n) is 8.59. The second-order valence-corrected chi connectivity index (χ2v) is 7.34. The Morgan fingerprint density at radius 1 is 1.07 bits per heavy atom. The molecular weight excluding hydrogens is 399 g/mol.